The van der Waals surface area contributed by atoms with Gasteiger partial charge in [0.15, 0.2) is 4.77 Å². The molecule has 4 nitrogen and oxygen atoms in total. The maximum atomic E-state index is 5.25. The molecule has 2 rings (SSSR count). The summed E-state index contributed by atoms with van der Waals surface area (Å²) in [4.78, 5) is 2.42. The van der Waals surface area contributed by atoms with Crippen molar-refractivity contribution in [2.45, 2.75) is 45.2 Å². The fourth-order valence-corrected chi connectivity index (χ4v) is 2.17. The lowest BCUT2D eigenvalue weighted by Gasteiger charge is -2.17. The monoisotopic (exact) mass is 240 g/mol. The Morgan fingerprint density at radius 1 is 1.56 bits per heavy atom. The molecule has 1 aliphatic carbocycles. The molecule has 0 unspecified atom stereocenters. The molecule has 1 aliphatic rings. The number of rotatable bonds is 5. The van der Waals surface area contributed by atoms with Crippen LogP contribution in [0.3, 0.4) is 0 Å². The van der Waals surface area contributed by atoms with Crippen molar-refractivity contribution in [2.75, 3.05) is 13.6 Å². The van der Waals surface area contributed by atoms with Crippen LogP contribution in [0, 0.1) is 4.77 Å². The van der Waals surface area contributed by atoms with E-state index in [1.54, 1.807) is 0 Å². The summed E-state index contributed by atoms with van der Waals surface area (Å²) in [6, 6.07) is 0.809. The van der Waals surface area contributed by atoms with Gasteiger partial charge in [-0.1, -0.05) is 13.8 Å². The zero-order valence-corrected chi connectivity index (χ0v) is 11.0. The SMILES string of the molecule is CC(C)c1n[nH]c(=S)n1CCN(C)C1CC1. The van der Waals surface area contributed by atoms with Crippen LogP contribution >= 0.6 is 12.2 Å². The third-order valence-corrected chi connectivity index (χ3v) is 3.46. The number of hydrogen-bond acceptors (Lipinski definition) is 3. The van der Waals surface area contributed by atoms with Crippen LogP contribution in [0.2, 0.25) is 0 Å². The number of likely N-dealkylation sites (N-methyl/N-ethyl adjacent to an activating group) is 1. The molecule has 0 radical (unpaired) electrons. The molecule has 0 aliphatic heterocycles. The lowest BCUT2D eigenvalue weighted by molar-refractivity contribution is 0.306. The van der Waals surface area contributed by atoms with Crippen molar-refractivity contribution in [3.05, 3.63) is 10.6 Å². The van der Waals surface area contributed by atoms with Gasteiger partial charge in [-0.3, -0.25) is 5.10 Å². The third kappa shape index (κ3) is 2.52. The second-order valence-electron chi connectivity index (χ2n) is 4.91. The van der Waals surface area contributed by atoms with E-state index >= 15 is 0 Å². The molecule has 1 heterocycles. The van der Waals surface area contributed by atoms with E-state index in [-0.39, 0.29) is 0 Å². The zero-order chi connectivity index (χ0) is 11.7. The van der Waals surface area contributed by atoms with Gasteiger partial charge < -0.3 is 9.47 Å². The standard InChI is InChI=1S/C11H20N4S/c1-8(2)10-12-13-11(16)15(10)7-6-14(3)9-4-5-9/h8-9H,4-7H2,1-3H3,(H,13,16). The molecule has 90 valence electrons. The normalized spacial score (nSPS) is 16.3. The van der Waals surface area contributed by atoms with E-state index in [1.807, 2.05) is 0 Å². The van der Waals surface area contributed by atoms with Gasteiger partial charge >= 0.3 is 0 Å². The number of nitrogens with zero attached hydrogens (tertiary/aromatic N) is 3. The van der Waals surface area contributed by atoms with Crippen molar-refractivity contribution in [1.29, 1.82) is 0 Å². The van der Waals surface area contributed by atoms with Gasteiger partial charge in [-0.15, -0.1) is 0 Å². The van der Waals surface area contributed by atoms with Crippen LogP contribution in [0.4, 0.5) is 0 Å². The van der Waals surface area contributed by atoms with E-state index in [0.717, 1.165) is 29.7 Å². The molecule has 0 saturated heterocycles. The van der Waals surface area contributed by atoms with Gasteiger partial charge in [-0.2, -0.15) is 5.10 Å². The first kappa shape index (κ1) is 11.8. The topological polar surface area (TPSA) is 36.9 Å². The lowest BCUT2D eigenvalue weighted by atomic mass is 10.2. The number of H-pyrrole nitrogens is 1. The number of nitrogens with one attached hydrogen (secondary N) is 1. The van der Waals surface area contributed by atoms with Crippen LogP contribution in [0.1, 0.15) is 38.4 Å². The van der Waals surface area contributed by atoms with Gasteiger partial charge in [0.1, 0.15) is 5.82 Å². The summed E-state index contributed by atoms with van der Waals surface area (Å²) in [6.07, 6.45) is 2.70. The second kappa shape index (κ2) is 4.67. The molecule has 0 amide bonds. The first-order valence-electron chi connectivity index (χ1n) is 5.95. The molecule has 1 aromatic rings. The molecule has 1 fully saturated rings. The molecule has 1 N–H and O–H groups in total. The molecule has 1 aromatic heterocycles. The van der Waals surface area contributed by atoms with Gasteiger partial charge in [0, 0.05) is 25.0 Å². The van der Waals surface area contributed by atoms with E-state index in [9.17, 15) is 0 Å². The summed E-state index contributed by atoms with van der Waals surface area (Å²) in [6.45, 7) is 6.28. The zero-order valence-electron chi connectivity index (χ0n) is 10.2. The highest BCUT2D eigenvalue weighted by Gasteiger charge is 2.25. The van der Waals surface area contributed by atoms with E-state index in [0.29, 0.717) is 5.92 Å². The Morgan fingerprint density at radius 2 is 2.25 bits per heavy atom. The van der Waals surface area contributed by atoms with Gasteiger partial charge in [-0.05, 0) is 32.1 Å². The molecule has 0 aromatic carbocycles. The average molecular weight is 240 g/mol. The van der Waals surface area contributed by atoms with Crippen molar-refractivity contribution in [1.82, 2.24) is 19.7 Å². The number of hydrogen-bond donors (Lipinski definition) is 1. The second-order valence-corrected chi connectivity index (χ2v) is 5.29. The van der Waals surface area contributed by atoms with Crippen molar-refractivity contribution < 1.29 is 0 Å². The Hall–Kier alpha value is -0.680. The van der Waals surface area contributed by atoms with Gasteiger partial charge in [0.25, 0.3) is 0 Å². The maximum absolute atomic E-state index is 5.25. The fraction of sp³-hybridized carbons (Fsp3) is 0.818. The predicted molar refractivity (Wildman–Crippen MR) is 67.2 cm³/mol. The van der Waals surface area contributed by atoms with Crippen LogP contribution in [-0.2, 0) is 6.54 Å². The van der Waals surface area contributed by atoms with Gasteiger partial charge in [0.05, 0.1) is 0 Å². The molecule has 0 spiro atoms. The molecule has 16 heavy (non-hydrogen) atoms. The third-order valence-electron chi connectivity index (χ3n) is 3.15. The van der Waals surface area contributed by atoms with Crippen LogP contribution in [0.25, 0.3) is 0 Å². The van der Waals surface area contributed by atoms with Crippen molar-refractivity contribution in [3.8, 4) is 0 Å². The highest BCUT2D eigenvalue weighted by atomic mass is 32.1. The van der Waals surface area contributed by atoms with E-state index < -0.39 is 0 Å². The van der Waals surface area contributed by atoms with E-state index in [1.165, 1.54) is 12.8 Å². The summed E-state index contributed by atoms with van der Waals surface area (Å²) in [5, 5.41) is 7.17. The Kier molecular flexibility index (Phi) is 3.44. The quantitative estimate of drug-likeness (QED) is 0.801. The Balaban J connectivity index is 2.02. The average Bonchev–Trinajstić information content (AvgIpc) is 3.00. The Labute approximate surface area is 102 Å². The van der Waals surface area contributed by atoms with Crippen molar-refractivity contribution in [2.24, 2.45) is 0 Å². The molecule has 0 bridgehead atoms. The maximum Gasteiger partial charge on any atom is 0.195 e. The first-order valence-corrected chi connectivity index (χ1v) is 6.35. The molecular formula is C11H20N4S. The summed E-state index contributed by atoms with van der Waals surface area (Å²) >= 11 is 5.25. The van der Waals surface area contributed by atoms with Crippen molar-refractivity contribution in [3.63, 3.8) is 0 Å². The minimum atomic E-state index is 0.416. The largest absolute Gasteiger partial charge is 0.303 e. The first-order chi connectivity index (χ1) is 7.59. The van der Waals surface area contributed by atoms with Gasteiger partial charge in [0.2, 0.25) is 0 Å². The highest BCUT2D eigenvalue weighted by molar-refractivity contribution is 7.71. The van der Waals surface area contributed by atoms with E-state index in [2.05, 4.69) is 40.6 Å². The Bertz CT molecular complexity index is 402. The molecule has 5 heteroatoms. The Morgan fingerprint density at radius 3 is 2.81 bits per heavy atom. The van der Waals surface area contributed by atoms with Crippen LogP contribution in [0.15, 0.2) is 0 Å². The minimum Gasteiger partial charge on any atom is -0.303 e. The lowest BCUT2D eigenvalue weighted by Crippen LogP contribution is -2.26. The highest BCUT2D eigenvalue weighted by Crippen LogP contribution is 2.25. The molecule has 0 atom stereocenters. The number of aromatic amines is 1. The van der Waals surface area contributed by atoms with Gasteiger partial charge in [-0.25, -0.2) is 0 Å². The summed E-state index contributed by atoms with van der Waals surface area (Å²) in [5.41, 5.74) is 0. The smallest absolute Gasteiger partial charge is 0.195 e. The van der Waals surface area contributed by atoms with Crippen LogP contribution in [0.5, 0.6) is 0 Å². The summed E-state index contributed by atoms with van der Waals surface area (Å²) in [5.74, 6) is 1.48. The van der Waals surface area contributed by atoms with E-state index in [4.69, 9.17) is 12.2 Å². The van der Waals surface area contributed by atoms with Crippen LogP contribution in [-0.4, -0.2) is 39.3 Å². The molecule has 1 saturated carbocycles. The predicted octanol–water partition coefficient (Wildman–Crippen LogP) is 2.16. The molecular weight excluding hydrogens is 220 g/mol. The number of aromatic nitrogens is 3. The van der Waals surface area contributed by atoms with Crippen LogP contribution < -0.4 is 0 Å². The minimum absolute atomic E-state index is 0.416. The fourth-order valence-electron chi connectivity index (χ4n) is 1.94. The summed E-state index contributed by atoms with van der Waals surface area (Å²) in [7, 11) is 2.19. The summed E-state index contributed by atoms with van der Waals surface area (Å²) < 4.78 is 2.87. The van der Waals surface area contributed by atoms with Crippen molar-refractivity contribution >= 4 is 12.2 Å².